The van der Waals surface area contributed by atoms with E-state index in [0.717, 1.165) is 0 Å². The summed E-state index contributed by atoms with van der Waals surface area (Å²) in [5.74, 6) is 0. The molecule has 0 radical (unpaired) electrons. The van der Waals surface area contributed by atoms with Gasteiger partial charge >= 0.3 is 11.3 Å². The van der Waals surface area contributed by atoms with Gasteiger partial charge in [0.1, 0.15) is 0 Å². The van der Waals surface area contributed by atoms with Crippen LogP contribution in [0.25, 0.3) is 0 Å². The molecule has 1 aromatic rings. The molecular weight excluding hydrogens is 442 g/mol. The van der Waals surface area contributed by atoms with Crippen molar-refractivity contribution in [2.75, 3.05) is 24.6 Å². The van der Waals surface area contributed by atoms with Crippen molar-refractivity contribution in [3.8, 4) is 0 Å². The molecule has 0 aliphatic rings. The van der Waals surface area contributed by atoms with Gasteiger partial charge in [0.25, 0.3) is 0 Å². The van der Waals surface area contributed by atoms with E-state index in [2.05, 4.69) is 58.6 Å². The SMILES string of the molecule is CCP(CC)c1ccccc1P(CC)CC.[C-]#[O+].[W]. The molecule has 0 aliphatic carbocycles. The summed E-state index contributed by atoms with van der Waals surface area (Å²) < 4.78 is 7.50. The Morgan fingerprint density at radius 2 is 1.05 bits per heavy atom. The Kier molecular flexibility index (Phi) is 15.5. The topological polar surface area (TPSA) is 19.9 Å². The van der Waals surface area contributed by atoms with Gasteiger partial charge in [-0.2, -0.15) is 0 Å². The molecule has 0 bridgehead atoms. The van der Waals surface area contributed by atoms with E-state index in [0.29, 0.717) is 0 Å². The molecule has 0 heterocycles. The second kappa shape index (κ2) is 13.5. The Hall–Kier alpha value is 0.508. The van der Waals surface area contributed by atoms with Crippen molar-refractivity contribution < 1.29 is 25.7 Å². The smallest absolute Gasteiger partial charge is 0 e. The van der Waals surface area contributed by atoms with Crippen molar-refractivity contribution >= 4 is 26.5 Å². The van der Waals surface area contributed by atoms with Gasteiger partial charge in [-0.3, -0.25) is 0 Å². The molecule has 0 unspecified atom stereocenters. The monoisotopic (exact) mass is 466 g/mol. The minimum absolute atomic E-state index is 0. The van der Waals surface area contributed by atoms with Gasteiger partial charge in [0.15, 0.2) is 0 Å². The van der Waals surface area contributed by atoms with Crippen LogP contribution >= 0.6 is 15.8 Å². The number of rotatable bonds is 6. The van der Waals surface area contributed by atoms with Gasteiger partial charge in [-0.05, 0) is 35.3 Å². The van der Waals surface area contributed by atoms with Crippen LogP contribution in [0.2, 0.25) is 0 Å². The minimum Gasteiger partial charge on any atom is 0 e. The molecule has 1 aromatic carbocycles. The van der Waals surface area contributed by atoms with E-state index < -0.39 is 0 Å². The van der Waals surface area contributed by atoms with Gasteiger partial charge in [-0.15, -0.1) is 0 Å². The Morgan fingerprint density at radius 3 is 1.26 bits per heavy atom. The molecule has 0 fully saturated rings. The van der Waals surface area contributed by atoms with Crippen molar-refractivity contribution in [3.63, 3.8) is 0 Å². The molecule has 0 saturated heterocycles. The molecular formula is C15H24OP2W. The summed E-state index contributed by atoms with van der Waals surface area (Å²) in [7, 11) is 0.200. The summed E-state index contributed by atoms with van der Waals surface area (Å²) >= 11 is 0. The zero-order valence-electron chi connectivity index (χ0n) is 12.3. The molecule has 106 valence electrons. The predicted octanol–water partition coefficient (Wildman–Crippen LogP) is 3.94. The first-order valence-corrected chi connectivity index (χ1v) is 10.00. The van der Waals surface area contributed by atoms with Crippen LogP contribution in [0.1, 0.15) is 27.7 Å². The van der Waals surface area contributed by atoms with Gasteiger partial charge in [0.2, 0.25) is 0 Å². The first-order valence-electron chi connectivity index (χ1n) is 6.57. The van der Waals surface area contributed by atoms with E-state index in [-0.39, 0.29) is 36.9 Å². The minimum atomic E-state index is 0. The van der Waals surface area contributed by atoms with Crippen LogP contribution in [0, 0.1) is 6.65 Å². The predicted molar refractivity (Wildman–Crippen MR) is 85.6 cm³/mol. The third-order valence-corrected chi connectivity index (χ3v) is 8.46. The Morgan fingerprint density at radius 1 is 0.789 bits per heavy atom. The zero-order valence-corrected chi connectivity index (χ0v) is 17.1. The summed E-state index contributed by atoms with van der Waals surface area (Å²) in [6.07, 6.45) is 5.33. The van der Waals surface area contributed by atoms with Crippen LogP contribution in [-0.2, 0) is 25.7 Å². The standard InChI is InChI=1S/C14H24P2.CO.W/c1-5-15(6-2)13-11-9-10-12-14(13)16(7-3)8-4;1-2;/h9-12H,5-8H2,1-4H3;;. The third kappa shape index (κ3) is 6.67. The molecule has 0 amide bonds. The van der Waals surface area contributed by atoms with Crippen LogP contribution in [-0.4, -0.2) is 24.6 Å². The van der Waals surface area contributed by atoms with E-state index in [9.17, 15) is 0 Å². The average Bonchev–Trinajstić information content (AvgIpc) is 2.45. The number of hydrogen-bond acceptors (Lipinski definition) is 0. The fourth-order valence-corrected chi connectivity index (χ4v) is 6.62. The van der Waals surface area contributed by atoms with Crippen LogP contribution in [0.4, 0.5) is 0 Å². The van der Waals surface area contributed by atoms with E-state index in [1.54, 1.807) is 10.6 Å². The van der Waals surface area contributed by atoms with Crippen molar-refractivity contribution in [1.29, 1.82) is 0 Å². The molecule has 19 heavy (non-hydrogen) atoms. The van der Waals surface area contributed by atoms with Gasteiger partial charge in [-0.25, -0.2) is 0 Å². The Labute approximate surface area is 135 Å². The molecule has 1 rings (SSSR count). The zero-order chi connectivity index (χ0) is 14.0. The summed E-state index contributed by atoms with van der Waals surface area (Å²) in [5, 5.41) is 3.38. The average molecular weight is 466 g/mol. The van der Waals surface area contributed by atoms with Crippen molar-refractivity contribution in [3.05, 3.63) is 30.9 Å². The molecule has 0 spiro atoms. The second-order valence-electron chi connectivity index (χ2n) is 3.83. The van der Waals surface area contributed by atoms with Crippen LogP contribution in [0.15, 0.2) is 24.3 Å². The normalized spacial score (nSPS) is 9.68. The largest absolute Gasteiger partial charge is 0 e. The quantitative estimate of drug-likeness (QED) is 0.344. The van der Waals surface area contributed by atoms with Crippen LogP contribution < -0.4 is 10.6 Å². The van der Waals surface area contributed by atoms with Crippen LogP contribution in [0.5, 0.6) is 0 Å². The van der Waals surface area contributed by atoms with Crippen molar-refractivity contribution in [2.45, 2.75) is 27.7 Å². The van der Waals surface area contributed by atoms with Gasteiger partial charge in [0, 0.05) is 21.1 Å². The Bertz CT molecular complexity index is 316. The molecule has 0 saturated carbocycles. The van der Waals surface area contributed by atoms with E-state index >= 15 is 0 Å². The molecule has 0 aromatic heterocycles. The maximum Gasteiger partial charge on any atom is 0 e. The van der Waals surface area contributed by atoms with Gasteiger partial charge in [-0.1, -0.05) is 67.8 Å². The second-order valence-corrected chi connectivity index (χ2v) is 9.49. The van der Waals surface area contributed by atoms with E-state index in [1.165, 1.54) is 24.6 Å². The summed E-state index contributed by atoms with van der Waals surface area (Å²) in [5.41, 5.74) is 0. The van der Waals surface area contributed by atoms with E-state index in [1.807, 2.05) is 0 Å². The van der Waals surface area contributed by atoms with Crippen LogP contribution in [0.3, 0.4) is 0 Å². The first-order chi connectivity index (χ1) is 8.78. The first kappa shape index (κ1) is 21.8. The number of hydrogen-bond donors (Lipinski definition) is 0. The number of benzene rings is 1. The molecule has 0 N–H and O–H groups in total. The maximum atomic E-state index is 7.50. The van der Waals surface area contributed by atoms with Crippen molar-refractivity contribution in [1.82, 2.24) is 0 Å². The van der Waals surface area contributed by atoms with Gasteiger partial charge in [0.05, 0.1) is 0 Å². The third-order valence-electron chi connectivity index (χ3n) is 3.09. The summed E-state index contributed by atoms with van der Waals surface area (Å²) in [6.45, 7) is 13.9. The fraction of sp³-hybridized carbons (Fsp3) is 0.533. The summed E-state index contributed by atoms with van der Waals surface area (Å²) in [4.78, 5) is 0. The van der Waals surface area contributed by atoms with E-state index in [4.69, 9.17) is 4.65 Å². The maximum absolute atomic E-state index is 7.50. The Balaban J connectivity index is 0. The molecule has 4 heteroatoms. The molecule has 0 aliphatic heterocycles. The fourth-order valence-electron chi connectivity index (χ4n) is 2.13. The van der Waals surface area contributed by atoms with Crippen molar-refractivity contribution in [2.24, 2.45) is 0 Å². The molecule has 0 atom stereocenters. The summed E-state index contributed by atoms with van der Waals surface area (Å²) in [6, 6.07) is 9.21. The molecule has 1 nitrogen and oxygen atoms in total. The van der Waals surface area contributed by atoms with Gasteiger partial charge < -0.3 is 0 Å².